The fraction of sp³-hybridized carbons (Fsp3) is 0.286. The van der Waals surface area contributed by atoms with Gasteiger partial charge < -0.3 is 4.43 Å². The molecule has 1 aliphatic carbocycles. The van der Waals surface area contributed by atoms with Crippen LogP contribution in [0.4, 0.5) is 0 Å². The molecule has 1 atom stereocenters. The first kappa shape index (κ1) is 7.28. The van der Waals surface area contributed by atoms with Crippen molar-refractivity contribution in [1.82, 2.24) is 0 Å². The summed E-state index contributed by atoms with van der Waals surface area (Å²) in [5.74, 6) is -0.116. The van der Waals surface area contributed by atoms with Crippen molar-refractivity contribution in [2.75, 3.05) is 0 Å². The molecule has 0 radical (unpaired) electrons. The quantitative estimate of drug-likeness (QED) is 0.495. The molecule has 0 aromatic heterocycles. The van der Waals surface area contributed by atoms with Gasteiger partial charge in [0.25, 0.3) is 5.97 Å². The Labute approximate surface area is 63.1 Å². The molecule has 0 saturated heterocycles. The van der Waals surface area contributed by atoms with Gasteiger partial charge in [-0.05, 0) is 6.42 Å². The van der Waals surface area contributed by atoms with Crippen LogP contribution in [0.1, 0.15) is 6.42 Å². The normalized spacial score (nSPS) is 23.0. The summed E-state index contributed by atoms with van der Waals surface area (Å²) in [6, 6.07) is 0. The molecular weight excluding hydrogens is 144 g/mol. The van der Waals surface area contributed by atoms with Crippen LogP contribution < -0.4 is 0 Å². The summed E-state index contributed by atoms with van der Waals surface area (Å²) >= 11 is 0. The van der Waals surface area contributed by atoms with Crippen LogP contribution in [-0.2, 0) is 9.22 Å². The van der Waals surface area contributed by atoms with Crippen molar-refractivity contribution in [3.05, 3.63) is 24.3 Å². The van der Waals surface area contributed by atoms with E-state index in [1.165, 1.54) is 0 Å². The highest BCUT2D eigenvalue weighted by molar-refractivity contribution is 6.06. The lowest BCUT2D eigenvalue weighted by molar-refractivity contribution is -0.136. The molecule has 0 bridgehead atoms. The van der Waals surface area contributed by atoms with E-state index in [0.717, 1.165) is 6.42 Å². The van der Waals surface area contributed by atoms with Crippen LogP contribution in [-0.4, -0.2) is 16.5 Å². The number of rotatable bonds is 1. The number of hydrogen-bond donors (Lipinski definition) is 0. The molecule has 1 aliphatic rings. The molecule has 3 heteroatoms. The van der Waals surface area contributed by atoms with Crippen LogP contribution in [0, 0.1) is 5.92 Å². The summed E-state index contributed by atoms with van der Waals surface area (Å²) in [5.41, 5.74) is 0. The van der Waals surface area contributed by atoms with E-state index in [0.29, 0.717) is 10.5 Å². The molecule has 0 aliphatic heterocycles. The molecule has 0 heterocycles. The maximum Gasteiger partial charge on any atom is 0.299 e. The Morgan fingerprint density at radius 2 is 2.40 bits per heavy atom. The van der Waals surface area contributed by atoms with Crippen LogP contribution in [0.2, 0.25) is 0 Å². The Hall–Kier alpha value is -0.833. The summed E-state index contributed by atoms with van der Waals surface area (Å²) in [5, 5.41) is 0. The lowest BCUT2D eigenvalue weighted by Gasteiger charge is -2.09. The zero-order valence-electron chi connectivity index (χ0n) is 5.91. The fourth-order valence-electron chi connectivity index (χ4n) is 0.907. The molecule has 0 N–H and O–H groups in total. The van der Waals surface area contributed by atoms with Crippen LogP contribution in [0.3, 0.4) is 0 Å². The zero-order valence-corrected chi connectivity index (χ0v) is 7.91. The highest BCUT2D eigenvalue weighted by Crippen LogP contribution is 2.11. The molecule has 0 fully saturated rings. The van der Waals surface area contributed by atoms with E-state index in [9.17, 15) is 4.79 Å². The van der Waals surface area contributed by atoms with Gasteiger partial charge in [0.15, 0.2) is 0 Å². The lowest BCUT2D eigenvalue weighted by Crippen LogP contribution is -2.14. The van der Waals surface area contributed by atoms with Gasteiger partial charge in [-0.25, -0.2) is 0 Å². The fourth-order valence-corrected chi connectivity index (χ4v) is 1.21. The van der Waals surface area contributed by atoms with Crippen LogP contribution in [0.25, 0.3) is 0 Å². The zero-order chi connectivity index (χ0) is 7.40. The van der Waals surface area contributed by atoms with Crippen molar-refractivity contribution >= 4 is 16.5 Å². The summed E-state index contributed by atoms with van der Waals surface area (Å²) in [4.78, 5) is 10.9. The lowest BCUT2D eigenvalue weighted by atomic mass is 10.0. The van der Waals surface area contributed by atoms with Crippen LogP contribution in [0.5, 0.6) is 0 Å². The largest absolute Gasteiger partial charge is 0.528 e. The van der Waals surface area contributed by atoms with Gasteiger partial charge in [-0.3, -0.25) is 4.79 Å². The number of hydrogen-bond acceptors (Lipinski definition) is 2. The second-order valence-electron chi connectivity index (χ2n) is 2.18. The molecule has 2 nitrogen and oxygen atoms in total. The molecule has 0 aromatic carbocycles. The van der Waals surface area contributed by atoms with E-state index >= 15 is 0 Å². The van der Waals surface area contributed by atoms with Crippen molar-refractivity contribution in [2.24, 2.45) is 5.92 Å². The second kappa shape index (κ2) is 3.36. The molecule has 0 spiro atoms. The molecule has 0 aromatic rings. The van der Waals surface area contributed by atoms with Gasteiger partial charge in [0.05, 0.1) is 5.92 Å². The first-order valence-electron chi connectivity index (χ1n) is 3.26. The van der Waals surface area contributed by atoms with Crippen LogP contribution in [0.15, 0.2) is 24.3 Å². The van der Waals surface area contributed by atoms with Crippen LogP contribution >= 0.6 is 0 Å². The van der Waals surface area contributed by atoms with Crippen molar-refractivity contribution in [2.45, 2.75) is 6.42 Å². The summed E-state index contributed by atoms with van der Waals surface area (Å²) in [7, 11) is 0.499. The van der Waals surface area contributed by atoms with Gasteiger partial charge >= 0.3 is 0 Å². The van der Waals surface area contributed by atoms with E-state index in [2.05, 4.69) is 0 Å². The molecule has 1 rings (SSSR count). The highest BCUT2D eigenvalue weighted by Gasteiger charge is 2.13. The topological polar surface area (TPSA) is 26.3 Å². The SMILES string of the molecule is O=C(O[SiH3])C1C=CC=CC1. The average molecular weight is 154 g/mol. The Balaban J connectivity index is 2.51. The first-order valence-corrected chi connectivity index (χ1v) is 4.07. The van der Waals surface area contributed by atoms with Crippen molar-refractivity contribution in [3.63, 3.8) is 0 Å². The van der Waals surface area contributed by atoms with E-state index in [1.54, 1.807) is 0 Å². The van der Waals surface area contributed by atoms with Crippen molar-refractivity contribution < 1.29 is 9.22 Å². The monoisotopic (exact) mass is 154 g/mol. The highest BCUT2D eigenvalue weighted by atomic mass is 28.2. The number of carbonyl (C=O) groups is 1. The Bertz CT molecular complexity index is 184. The van der Waals surface area contributed by atoms with Gasteiger partial charge in [-0.1, -0.05) is 24.3 Å². The summed E-state index contributed by atoms with van der Waals surface area (Å²) < 4.78 is 4.70. The molecule has 10 heavy (non-hydrogen) atoms. The van der Waals surface area contributed by atoms with E-state index in [1.807, 2.05) is 24.3 Å². The third-order valence-corrected chi connectivity index (χ3v) is 1.89. The molecular formula is C7H10O2Si. The maximum absolute atomic E-state index is 10.9. The number of carbonyl (C=O) groups excluding carboxylic acids is 1. The molecule has 1 unspecified atom stereocenters. The molecule has 54 valence electrons. The van der Waals surface area contributed by atoms with E-state index in [4.69, 9.17) is 4.43 Å². The second-order valence-corrected chi connectivity index (χ2v) is 2.59. The van der Waals surface area contributed by atoms with Gasteiger partial charge in [-0.2, -0.15) is 0 Å². The maximum atomic E-state index is 10.9. The third kappa shape index (κ3) is 1.57. The van der Waals surface area contributed by atoms with Gasteiger partial charge in [-0.15, -0.1) is 0 Å². The van der Waals surface area contributed by atoms with Gasteiger partial charge in [0, 0.05) is 0 Å². The Morgan fingerprint density at radius 1 is 1.60 bits per heavy atom. The van der Waals surface area contributed by atoms with Crippen molar-refractivity contribution in [3.8, 4) is 0 Å². The van der Waals surface area contributed by atoms with Crippen molar-refractivity contribution in [1.29, 1.82) is 0 Å². The minimum absolute atomic E-state index is 0.0255. The predicted molar refractivity (Wildman–Crippen MR) is 42.4 cm³/mol. The number of allylic oxidation sites excluding steroid dienone is 3. The van der Waals surface area contributed by atoms with E-state index in [-0.39, 0.29) is 11.9 Å². The standard InChI is InChI=1S/C7H10O2Si/c8-7(9-10)6-4-2-1-3-5-6/h1-4,6H,5H2,10H3. The predicted octanol–water partition coefficient (Wildman–Crippen LogP) is -0.0577. The summed E-state index contributed by atoms with van der Waals surface area (Å²) in [6.45, 7) is 0. The minimum atomic E-state index is -0.0905. The molecule has 0 amide bonds. The Morgan fingerprint density at radius 3 is 2.90 bits per heavy atom. The van der Waals surface area contributed by atoms with Gasteiger partial charge in [0.2, 0.25) is 10.5 Å². The minimum Gasteiger partial charge on any atom is -0.528 e. The van der Waals surface area contributed by atoms with E-state index < -0.39 is 0 Å². The average Bonchev–Trinajstić information content (AvgIpc) is 2.05. The smallest absolute Gasteiger partial charge is 0.299 e. The summed E-state index contributed by atoms with van der Waals surface area (Å²) in [6.07, 6.45) is 8.46. The third-order valence-electron chi connectivity index (χ3n) is 1.48. The van der Waals surface area contributed by atoms with Gasteiger partial charge in [0.1, 0.15) is 0 Å². The first-order chi connectivity index (χ1) is 4.84. The molecule has 0 saturated carbocycles. The Kier molecular flexibility index (Phi) is 2.45.